The van der Waals surface area contributed by atoms with Gasteiger partial charge in [-0.05, 0) is 35.9 Å². The molecule has 1 amide bonds. The summed E-state index contributed by atoms with van der Waals surface area (Å²) >= 11 is 0. The van der Waals surface area contributed by atoms with Crippen LogP contribution in [-0.2, 0) is 15.8 Å². The first kappa shape index (κ1) is 21.0. The van der Waals surface area contributed by atoms with Crippen molar-refractivity contribution >= 4 is 17.6 Å². The molecule has 0 aliphatic carbocycles. The Morgan fingerprint density at radius 2 is 1.83 bits per heavy atom. The Hall–Kier alpha value is -3.76. The Bertz CT molecular complexity index is 1050. The number of hydrogen-bond donors (Lipinski definition) is 2. The van der Waals surface area contributed by atoms with E-state index >= 15 is 0 Å². The van der Waals surface area contributed by atoms with E-state index in [9.17, 15) is 32.3 Å². The van der Waals surface area contributed by atoms with Crippen molar-refractivity contribution in [1.29, 1.82) is 0 Å². The summed E-state index contributed by atoms with van der Waals surface area (Å²) in [6, 6.07) is 7.23. The van der Waals surface area contributed by atoms with E-state index in [-0.39, 0.29) is 16.9 Å². The number of anilines is 1. The van der Waals surface area contributed by atoms with E-state index in [0.717, 1.165) is 41.3 Å². The lowest BCUT2D eigenvalue weighted by Gasteiger charge is -2.16. The van der Waals surface area contributed by atoms with Gasteiger partial charge in [-0.25, -0.2) is 14.1 Å². The summed E-state index contributed by atoms with van der Waals surface area (Å²) < 4.78 is 53.5. The lowest BCUT2D eigenvalue weighted by atomic mass is 9.95. The lowest BCUT2D eigenvalue weighted by Crippen LogP contribution is -2.22. The summed E-state index contributed by atoms with van der Waals surface area (Å²) in [5.74, 6) is -4.07. The maximum Gasteiger partial charge on any atom is 0.416 e. The first-order valence-corrected chi connectivity index (χ1v) is 8.49. The third-order valence-electron chi connectivity index (χ3n) is 4.22. The highest BCUT2D eigenvalue weighted by Crippen LogP contribution is 2.33. The van der Waals surface area contributed by atoms with E-state index < -0.39 is 41.8 Å². The van der Waals surface area contributed by atoms with Gasteiger partial charge in [0.25, 0.3) is 0 Å². The predicted molar refractivity (Wildman–Crippen MR) is 96.4 cm³/mol. The minimum atomic E-state index is -4.65. The highest BCUT2D eigenvalue weighted by atomic mass is 19.4. The van der Waals surface area contributed by atoms with Gasteiger partial charge < -0.3 is 10.4 Å². The van der Waals surface area contributed by atoms with Crippen LogP contribution in [0.5, 0.6) is 0 Å². The third kappa shape index (κ3) is 4.80. The number of nitrogens with zero attached hydrogens (tertiary/aromatic N) is 3. The van der Waals surface area contributed by atoms with Gasteiger partial charge >= 0.3 is 12.1 Å². The zero-order chi connectivity index (χ0) is 21.9. The number of carbonyl (C=O) groups excluding carboxylic acids is 1. The summed E-state index contributed by atoms with van der Waals surface area (Å²) in [6.07, 6.45) is -2.83. The number of halogens is 4. The molecule has 0 aliphatic rings. The molecule has 0 fully saturated rings. The molecular weight excluding hydrogens is 408 g/mol. The number of alkyl halides is 3. The SMILES string of the molecule is O=C(CC(C(=O)O)c1ccc(F)cc1)Nc1cc(C(F)(F)F)ccc1-n1cncn1. The Labute approximate surface area is 167 Å². The highest BCUT2D eigenvalue weighted by Gasteiger charge is 2.32. The number of hydrogen-bond acceptors (Lipinski definition) is 4. The van der Waals surface area contributed by atoms with Crippen molar-refractivity contribution in [3.05, 3.63) is 72.1 Å². The molecule has 0 spiro atoms. The molecule has 0 bridgehead atoms. The van der Waals surface area contributed by atoms with Crippen molar-refractivity contribution in [3.8, 4) is 5.69 Å². The Balaban J connectivity index is 1.89. The maximum absolute atomic E-state index is 13.1. The molecule has 2 N–H and O–H groups in total. The number of carbonyl (C=O) groups is 2. The summed E-state index contributed by atoms with van der Waals surface area (Å²) in [4.78, 5) is 27.8. The molecule has 1 aromatic heterocycles. The summed E-state index contributed by atoms with van der Waals surface area (Å²) in [7, 11) is 0. The highest BCUT2D eigenvalue weighted by molar-refractivity contribution is 5.96. The number of benzene rings is 2. The third-order valence-corrected chi connectivity index (χ3v) is 4.22. The molecule has 1 heterocycles. The maximum atomic E-state index is 13.1. The Morgan fingerprint density at radius 1 is 1.13 bits per heavy atom. The zero-order valence-electron chi connectivity index (χ0n) is 15.1. The van der Waals surface area contributed by atoms with E-state index in [2.05, 4.69) is 15.4 Å². The van der Waals surface area contributed by atoms with Crippen LogP contribution < -0.4 is 5.32 Å². The minimum Gasteiger partial charge on any atom is -0.481 e. The second kappa shape index (κ2) is 8.31. The van der Waals surface area contributed by atoms with E-state index in [1.54, 1.807) is 0 Å². The first-order chi connectivity index (χ1) is 14.1. The fourth-order valence-electron chi connectivity index (χ4n) is 2.77. The van der Waals surface area contributed by atoms with Crippen LogP contribution in [0.4, 0.5) is 23.2 Å². The van der Waals surface area contributed by atoms with Gasteiger partial charge in [0.2, 0.25) is 5.91 Å². The summed E-state index contributed by atoms with van der Waals surface area (Å²) in [5.41, 5.74) is -0.930. The van der Waals surface area contributed by atoms with Crippen molar-refractivity contribution in [2.45, 2.75) is 18.5 Å². The molecule has 11 heteroatoms. The van der Waals surface area contributed by atoms with Crippen LogP contribution in [-0.4, -0.2) is 31.7 Å². The van der Waals surface area contributed by atoms with Crippen LogP contribution in [0.25, 0.3) is 5.69 Å². The second-order valence-electron chi connectivity index (χ2n) is 6.26. The van der Waals surface area contributed by atoms with Gasteiger partial charge in [-0.3, -0.25) is 9.59 Å². The van der Waals surface area contributed by atoms with Crippen LogP contribution >= 0.6 is 0 Å². The standard InChI is InChI=1S/C19H14F4N4O3/c20-13-4-1-11(2-5-13)14(18(29)30)8-17(28)26-15-7-12(19(21,22)23)3-6-16(15)27-10-24-9-25-27/h1-7,9-10,14H,8H2,(H,26,28)(H,29,30). The number of rotatable bonds is 6. The molecule has 1 unspecified atom stereocenters. The zero-order valence-corrected chi connectivity index (χ0v) is 15.1. The number of carboxylic acids is 1. The molecule has 0 saturated heterocycles. The van der Waals surface area contributed by atoms with Crippen LogP contribution in [0.3, 0.4) is 0 Å². The van der Waals surface area contributed by atoms with Crippen molar-refractivity contribution in [1.82, 2.24) is 14.8 Å². The molecule has 7 nitrogen and oxygen atoms in total. The van der Waals surface area contributed by atoms with Crippen molar-refractivity contribution in [3.63, 3.8) is 0 Å². The molecule has 2 aromatic carbocycles. The van der Waals surface area contributed by atoms with Crippen LogP contribution in [0, 0.1) is 5.82 Å². The van der Waals surface area contributed by atoms with Gasteiger partial charge in [0, 0.05) is 6.42 Å². The summed E-state index contributed by atoms with van der Waals surface area (Å²) in [5, 5.41) is 15.6. The predicted octanol–water partition coefficient (Wildman–Crippen LogP) is 3.62. The van der Waals surface area contributed by atoms with Crippen molar-refractivity contribution < 1.29 is 32.3 Å². The van der Waals surface area contributed by atoms with Gasteiger partial charge in [0.05, 0.1) is 22.9 Å². The molecule has 156 valence electrons. The second-order valence-corrected chi connectivity index (χ2v) is 6.26. The molecule has 0 radical (unpaired) electrons. The van der Waals surface area contributed by atoms with E-state index in [0.29, 0.717) is 0 Å². The fraction of sp³-hybridized carbons (Fsp3) is 0.158. The van der Waals surface area contributed by atoms with Gasteiger partial charge in [0.15, 0.2) is 0 Å². The number of aromatic nitrogens is 3. The normalized spacial score (nSPS) is 12.4. The molecule has 3 rings (SSSR count). The van der Waals surface area contributed by atoms with E-state index in [1.165, 1.54) is 18.5 Å². The summed E-state index contributed by atoms with van der Waals surface area (Å²) in [6.45, 7) is 0. The fourth-order valence-corrected chi connectivity index (χ4v) is 2.77. The smallest absolute Gasteiger partial charge is 0.416 e. The average Bonchev–Trinajstić information content (AvgIpc) is 3.20. The molecule has 1 atom stereocenters. The van der Waals surface area contributed by atoms with Gasteiger partial charge in [-0.1, -0.05) is 12.1 Å². The number of amides is 1. The average molecular weight is 422 g/mol. The van der Waals surface area contributed by atoms with Crippen LogP contribution in [0.1, 0.15) is 23.5 Å². The van der Waals surface area contributed by atoms with Crippen molar-refractivity contribution in [2.24, 2.45) is 0 Å². The lowest BCUT2D eigenvalue weighted by molar-refractivity contribution is -0.140. The topological polar surface area (TPSA) is 97.1 Å². The van der Waals surface area contributed by atoms with Crippen LogP contribution in [0.2, 0.25) is 0 Å². The molecule has 0 aliphatic heterocycles. The number of aliphatic carboxylic acids is 1. The molecule has 3 aromatic rings. The minimum absolute atomic E-state index is 0.113. The first-order valence-electron chi connectivity index (χ1n) is 8.49. The van der Waals surface area contributed by atoms with Gasteiger partial charge in [-0.15, -0.1) is 0 Å². The van der Waals surface area contributed by atoms with E-state index in [4.69, 9.17) is 0 Å². The monoisotopic (exact) mass is 422 g/mol. The number of carboxylic acid groups (broad SMARTS) is 1. The van der Waals surface area contributed by atoms with E-state index in [1.807, 2.05) is 0 Å². The number of nitrogens with one attached hydrogen (secondary N) is 1. The van der Waals surface area contributed by atoms with Crippen LogP contribution in [0.15, 0.2) is 55.1 Å². The molecule has 30 heavy (non-hydrogen) atoms. The van der Waals surface area contributed by atoms with Gasteiger partial charge in [0.1, 0.15) is 18.5 Å². The Morgan fingerprint density at radius 3 is 2.40 bits per heavy atom. The molecular formula is C19H14F4N4O3. The largest absolute Gasteiger partial charge is 0.481 e. The quantitative estimate of drug-likeness (QED) is 0.592. The van der Waals surface area contributed by atoms with Crippen molar-refractivity contribution in [2.75, 3.05) is 5.32 Å². The molecule has 0 saturated carbocycles. The van der Waals surface area contributed by atoms with Gasteiger partial charge in [-0.2, -0.15) is 18.3 Å². The Kier molecular flexibility index (Phi) is 5.81.